The van der Waals surface area contributed by atoms with Crippen LogP contribution in [0.25, 0.3) is 0 Å². The molecule has 0 amide bonds. The molecule has 2 rings (SSSR count). The van der Waals surface area contributed by atoms with Gasteiger partial charge in [0, 0.05) is 0 Å². The Balaban J connectivity index is 1.87. The van der Waals surface area contributed by atoms with Crippen LogP contribution in [0, 0.1) is 11.8 Å². The van der Waals surface area contributed by atoms with E-state index in [0.717, 1.165) is 30.6 Å². The normalized spacial score (nSPS) is 22.3. The lowest BCUT2D eigenvalue weighted by atomic mass is 9.79. The number of carbonyl (C=O) groups is 1. The molecule has 0 radical (unpaired) electrons. The topological polar surface area (TPSA) is 61.5 Å². The van der Waals surface area contributed by atoms with Crippen molar-refractivity contribution < 1.29 is 14.3 Å². The molecule has 1 fully saturated rings. The van der Waals surface area contributed by atoms with Crippen LogP contribution in [-0.2, 0) is 16.1 Å². The van der Waals surface area contributed by atoms with Crippen molar-refractivity contribution >= 4 is 5.97 Å². The lowest BCUT2D eigenvalue weighted by molar-refractivity contribution is -0.153. The number of nitrogens with two attached hydrogens (primary N) is 1. The molecular formula is C16H23NO3. The SMILES string of the molecule is COc1ccc(COC(=O)C2CCCCC2CN)cc1. The molecule has 2 N–H and O–H groups in total. The molecule has 1 saturated carbocycles. The van der Waals surface area contributed by atoms with Gasteiger partial charge in [-0.3, -0.25) is 4.79 Å². The quantitative estimate of drug-likeness (QED) is 0.840. The number of benzene rings is 1. The summed E-state index contributed by atoms with van der Waals surface area (Å²) in [6.07, 6.45) is 4.21. The molecule has 0 heterocycles. The Morgan fingerprint density at radius 1 is 1.25 bits per heavy atom. The van der Waals surface area contributed by atoms with E-state index in [0.29, 0.717) is 13.2 Å². The molecule has 1 aliphatic carbocycles. The fraction of sp³-hybridized carbons (Fsp3) is 0.562. The summed E-state index contributed by atoms with van der Waals surface area (Å²) in [6, 6.07) is 7.56. The minimum Gasteiger partial charge on any atom is -0.497 e. The van der Waals surface area contributed by atoms with E-state index in [2.05, 4.69) is 0 Å². The van der Waals surface area contributed by atoms with Gasteiger partial charge in [-0.1, -0.05) is 25.0 Å². The van der Waals surface area contributed by atoms with Crippen LogP contribution < -0.4 is 10.5 Å². The Kier molecular flexibility index (Phi) is 5.41. The van der Waals surface area contributed by atoms with Crippen molar-refractivity contribution in [1.82, 2.24) is 0 Å². The van der Waals surface area contributed by atoms with Crippen molar-refractivity contribution in [2.75, 3.05) is 13.7 Å². The Labute approximate surface area is 120 Å². The van der Waals surface area contributed by atoms with Crippen LogP contribution in [0.1, 0.15) is 31.2 Å². The number of methoxy groups -OCH3 is 1. The van der Waals surface area contributed by atoms with Crippen molar-refractivity contribution in [1.29, 1.82) is 0 Å². The number of hydrogen-bond donors (Lipinski definition) is 1. The highest BCUT2D eigenvalue weighted by atomic mass is 16.5. The van der Waals surface area contributed by atoms with Gasteiger partial charge in [-0.2, -0.15) is 0 Å². The van der Waals surface area contributed by atoms with Gasteiger partial charge in [-0.15, -0.1) is 0 Å². The van der Waals surface area contributed by atoms with Gasteiger partial charge in [0.05, 0.1) is 13.0 Å². The van der Waals surface area contributed by atoms with Crippen LogP contribution in [0.4, 0.5) is 0 Å². The first-order chi connectivity index (χ1) is 9.74. The first-order valence-corrected chi connectivity index (χ1v) is 7.24. The molecule has 2 unspecified atom stereocenters. The molecule has 1 aliphatic rings. The van der Waals surface area contributed by atoms with Gasteiger partial charge in [-0.25, -0.2) is 0 Å². The van der Waals surface area contributed by atoms with E-state index in [1.807, 2.05) is 24.3 Å². The molecule has 4 nitrogen and oxygen atoms in total. The molecule has 0 bridgehead atoms. The van der Waals surface area contributed by atoms with Gasteiger partial charge in [0.15, 0.2) is 0 Å². The number of rotatable bonds is 5. The van der Waals surface area contributed by atoms with Crippen LogP contribution in [0.2, 0.25) is 0 Å². The summed E-state index contributed by atoms with van der Waals surface area (Å²) in [5.74, 6) is 0.964. The third-order valence-electron chi connectivity index (χ3n) is 4.05. The molecule has 1 aromatic rings. The first-order valence-electron chi connectivity index (χ1n) is 7.24. The summed E-state index contributed by atoms with van der Waals surface area (Å²) in [7, 11) is 1.63. The van der Waals surface area contributed by atoms with E-state index in [4.69, 9.17) is 15.2 Å². The van der Waals surface area contributed by atoms with Crippen LogP contribution in [0.15, 0.2) is 24.3 Å². The highest BCUT2D eigenvalue weighted by Gasteiger charge is 2.31. The van der Waals surface area contributed by atoms with Crippen molar-refractivity contribution in [3.05, 3.63) is 29.8 Å². The zero-order valence-corrected chi connectivity index (χ0v) is 12.0. The second kappa shape index (κ2) is 7.29. The second-order valence-electron chi connectivity index (χ2n) is 5.34. The van der Waals surface area contributed by atoms with Gasteiger partial charge in [0.1, 0.15) is 12.4 Å². The van der Waals surface area contributed by atoms with Gasteiger partial charge in [-0.05, 0) is 43.0 Å². The summed E-state index contributed by atoms with van der Waals surface area (Å²) in [4.78, 5) is 12.2. The lowest BCUT2D eigenvalue weighted by Gasteiger charge is -2.28. The van der Waals surface area contributed by atoms with Gasteiger partial charge >= 0.3 is 5.97 Å². The van der Waals surface area contributed by atoms with Crippen LogP contribution >= 0.6 is 0 Å². The maximum absolute atomic E-state index is 12.2. The molecule has 0 spiro atoms. The Hall–Kier alpha value is -1.55. The van der Waals surface area contributed by atoms with E-state index in [1.165, 1.54) is 6.42 Å². The number of carbonyl (C=O) groups excluding carboxylic acids is 1. The minimum atomic E-state index is -0.101. The van der Waals surface area contributed by atoms with Crippen LogP contribution in [0.5, 0.6) is 5.75 Å². The molecule has 0 aromatic heterocycles. The number of hydrogen-bond acceptors (Lipinski definition) is 4. The zero-order chi connectivity index (χ0) is 14.4. The number of esters is 1. The largest absolute Gasteiger partial charge is 0.497 e. The van der Waals surface area contributed by atoms with Crippen LogP contribution in [-0.4, -0.2) is 19.6 Å². The minimum absolute atomic E-state index is 0.0213. The third-order valence-corrected chi connectivity index (χ3v) is 4.05. The van der Waals surface area contributed by atoms with E-state index >= 15 is 0 Å². The van der Waals surface area contributed by atoms with E-state index in [-0.39, 0.29) is 17.8 Å². The molecule has 110 valence electrons. The smallest absolute Gasteiger partial charge is 0.309 e. The van der Waals surface area contributed by atoms with Gasteiger partial charge in [0.2, 0.25) is 0 Å². The van der Waals surface area contributed by atoms with E-state index in [9.17, 15) is 4.79 Å². The first kappa shape index (κ1) is 14.9. The monoisotopic (exact) mass is 277 g/mol. The Morgan fingerprint density at radius 3 is 2.60 bits per heavy atom. The lowest BCUT2D eigenvalue weighted by Crippen LogP contribution is -2.33. The summed E-state index contributed by atoms with van der Waals surface area (Å²) in [5.41, 5.74) is 6.72. The maximum atomic E-state index is 12.2. The highest BCUT2D eigenvalue weighted by Crippen LogP contribution is 2.30. The van der Waals surface area contributed by atoms with Gasteiger partial charge < -0.3 is 15.2 Å². The summed E-state index contributed by atoms with van der Waals surface area (Å²) < 4.78 is 10.5. The fourth-order valence-electron chi connectivity index (χ4n) is 2.78. The predicted octanol–water partition coefficient (Wildman–Crippen LogP) is 2.50. The molecule has 4 heteroatoms. The molecule has 2 atom stereocenters. The molecule has 0 aliphatic heterocycles. The summed E-state index contributed by atoms with van der Waals surface area (Å²) in [6.45, 7) is 0.888. The maximum Gasteiger partial charge on any atom is 0.309 e. The van der Waals surface area contributed by atoms with E-state index < -0.39 is 0 Å². The van der Waals surface area contributed by atoms with Gasteiger partial charge in [0.25, 0.3) is 0 Å². The fourth-order valence-corrected chi connectivity index (χ4v) is 2.78. The van der Waals surface area contributed by atoms with Crippen molar-refractivity contribution in [3.8, 4) is 5.75 Å². The molecule has 0 saturated heterocycles. The van der Waals surface area contributed by atoms with Crippen LogP contribution in [0.3, 0.4) is 0 Å². The number of ether oxygens (including phenoxy) is 2. The van der Waals surface area contributed by atoms with Crippen molar-refractivity contribution in [3.63, 3.8) is 0 Å². The van der Waals surface area contributed by atoms with Crippen molar-refractivity contribution in [2.24, 2.45) is 17.6 Å². The highest BCUT2D eigenvalue weighted by molar-refractivity contribution is 5.73. The Bertz CT molecular complexity index is 430. The van der Waals surface area contributed by atoms with Crippen molar-refractivity contribution in [2.45, 2.75) is 32.3 Å². The zero-order valence-electron chi connectivity index (χ0n) is 12.0. The average molecular weight is 277 g/mol. The van der Waals surface area contributed by atoms with E-state index in [1.54, 1.807) is 7.11 Å². The summed E-state index contributed by atoms with van der Waals surface area (Å²) >= 11 is 0. The molecule has 20 heavy (non-hydrogen) atoms. The average Bonchev–Trinajstić information content (AvgIpc) is 2.53. The molecule has 1 aromatic carbocycles. The molecular weight excluding hydrogens is 254 g/mol. The predicted molar refractivity (Wildman–Crippen MR) is 77.3 cm³/mol. The standard InChI is InChI=1S/C16H23NO3/c1-19-14-8-6-12(7-9-14)11-20-16(18)15-5-3-2-4-13(15)10-17/h6-9,13,15H,2-5,10-11,17H2,1H3. The Morgan fingerprint density at radius 2 is 1.95 bits per heavy atom. The third kappa shape index (κ3) is 3.73. The summed E-state index contributed by atoms with van der Waals surface area (Å²) in [5, 5.41) is 0. The second-order valence-corrected chi connectivity index (χ2v) is 5.34.